The largest absolute Gasteiger partial charge is 0.497 e. The van der Waals surface area contributed by atoms with Gasteiger partial charge in [-0.15, -0.1) is 0 Å². The molecular weight excluding hydrogens is 424 g/mol. The minimum atomic E-state index is -3.90. The van der Waals surface area contributed by atoms with Crippen molar-refractivity contribution in [3.05, 3.63) is 82.4 Å². The second-order valence-corrected chi connectivity index (χ2v) is 8.81. The fraction of sp³-hybridized carbons (Fsp3) is 0.136. The van der Waals surface area contributed by atoms with Gasteiger partial charge < -0.3 is 10.1 Å². The van der Waals surface area contributed by atoms with Gasteiger partial charge in [-0.2, -0.15) is 0 Å². The highest BCUT2D eigenvalue weighted by atomic mass is 35.5. The predicted molar refractivity (Wildman–Crippen MR) is 119 cm³/mol. The molecule has 0 aliphatic rings. The average Bonchev–Trinajstić information content (AvgIpc) is 2.71. The molecule has 3 aromatic rings. The van der Waals surface area contributed by atoms with Crippen LogP contribution in [0.25, 0.3) is 0 Å². The van der Waals surface area contributed by atoms with Gasteiger partial charge in [-0.25, -0.2) is 8.42 Å². The number of methoxy groups -OCH3 is 1. The van der Waals surface area contributed by atoms with Crippen molar-refractivity contribution in [2.24, 2.45) is 0 Å². The number of benzene rings is 3. The molecule has 0 aliphatic carbocycles. The summed E-state index contributed by atoms with van der Waals surface area (Å²) in [5.41, 5.74) is 2.53. The number of amides is 1. The molecule has 30 heavy (non-hydrogen) atoms. The van der Waals surface area contributed by atoms with E-state index >= 15 is 0 Å². The van der Waals surface area contributed by atoms with Crippen molar-refractivity contribution in [3.8, 4) is 5.75 Å². The van der Waals surface area contributed by atoms with E-state index in [2.05, 4.69) is 10.0 Å². The number of nitrogens with one attached hydrogen (secondary N) is 2. The summed E-state index contributed by atoms with van der Waals surface area (Å²) in [5.74, 6) is 0.186. The topological polar surface area (TPSA) is 84.5 Å². The predicted octanol–water partition coefficient (Wildman–Crippen LogP) is 5.02. The Bertz CT molecular complexity index is 1190. The van der Waals surface area contributed by atoms with Crippen molar-refractivity contribution >= 4 is 38.9 Å². The first-order valence-corrected chi connectivity index (χ1v) is 10.9. The van der Waals surface area contributed by atoms with E-state index in [0.717, 1.165) is 5.56 Å². The van der Waals surface area contributed by atoms with Crippen LogP contribution in [0.3, 0.4) is 0 Å². The molecule has 3 rings (SSSR count). The zero-order chi connectivity index (χ0) is 21.9. The van der Waals surface area contributed by atoms with Crippen LogP contribution in [-0.4, -0.2) is 21.4 Å². The van der Waals surface area contributed by atoms with Gasteiger partial charge in [-0.1, -0.05) is 23.7 Å². The maximum absolute atomic E-state index is 12.9. The number of hydrogen-bond acceptors (Lipinski definition) is 4. The molecule has 0 saturated heterocycles. The van der Waals surface area contributed by atoms with Crippen LogP contribution in [-0.2, 0) is 10.0 Å². The molecule has 0 unspecified atom stereocenters. The van der Waals surface area contributed by atoms with E-state index in [9.17, 15) is 13.2 Å². The molecule has 0 fully saturated rings. The van der Waals surface area contributed by atoms with Crippen LogP contribution < -0.4 is 14.8 Å². The zero-order valence-electron chi connectivity index (χ0n) is 16.7. The second-order valence-electron chi connectivity index (χ2n) is 6.73. The molecule has 0 radical (unpaired) electrons. The van der Waals surface area contributed by atoms with E-state index in [1.165, 1.54) is 13.2 Å². The van der Waals surface area contributed by atoms with Crippen molar-refractivity contribution in [1.29, 1.82) is 0 Å². The summed E-state index contributed by atoms with van der Waals surface area (Å²) in [6.45, 7) is 3.52. The number of sulfonamides is 1. The highest BCUT2D eigenvalue weighted by Crippen LogP contribution is 2.24. The number of carbonyl (C=O) groups excluding carboxylic acids is 1. The first kappa shape index (κ1) is 21.7. The Kier molecular flexibility index (Phi) is 6.34. The number of anilines is 2. The van der Waals surface area contributed by atoms with Gasteiger partial charge in [0.15, 0.2) is 0 Å². The summed E-state index contributed by atoms with van der Waals surface area (Å²) in [7, 11) is -2.37. The Morgan fingerprint density at radius 2 is 1.60 bits per heavy atom. The SMILES string of the molecule is COc1ccc(NS(=O)(=O)c2cc(C(=O)Nc3cc(Cl)ccc3C)ccc2C)cc1. The third-order valence-electron chi connectivity index (χ3n) is 4.53. The fourth-order valence-corrected chi connectivity index (χ4v) is 4.33. The van der Waals surface area contributed by atoms with Gasteiger partial charge in [-0.3, -0.25) is 9.52 Å². The molecule has 156 valence electrons. The molecule has 0 atom stereocenters. The van der Waals surface area contributed by atoms with E-state index in [4.69, 9.17) is 16.3 Å². The molecule has 0 aliphatic heterocycles. The van der Waals surface area contributed by atoms with Gasteiger partial charge in [0.2, 0.25) is 0 Å². The first-order chi connectivity index (χ1) is 14.2. The maximum Gasteiger partial charge on any atom is 0.262 e. The fourth-order valence-electron chi connectivity index (χ4n) is 2.82. The number of carbonyl (C=O) groups is 1. The zero-order valence-corrected chi connectivity index (χ0v) is 18.3. The maximum atomic E-state index is 12.9. The number of halogens is 1. The van der Waals surface area contributed by atoms with E-state index in [1.807, 2.05) is 6.92 Å². The van der Waals surface area contributed by atoms with Gasteiger partial charge >= 0.3 is 0 Å². The third kappa shape index (κ3) is 4.93. The van der Waals surface area contributed by atoms with Gasteiger partial charge in [0.05, 0.1) is 12.0 Å². The van der Waals surface area contributed by atoms with Gasteiger partial charge in [0.25, 0.3) is 15.9 Å². The Morgan fingerprint density at radius 1 is 0.933 bits per heavy atom. The standard InChI is InChI=1S/C22H21ClN2O4S/c1-14-5-7-17(23)13-20(14)24-22(26)16-6-4-15(2)21(12-16)30(27,28)25-18-8-10-19(29-3)11-9-18/h4-13,25H,1-3H3,(H,24,26). The summed E-state index contributed by atoms with van der Waals surface area (Å²) in [6.07, 6.45) is 0. The van der Waals surface area contributed by atoms with Crippen LogP contribution in [0.4, 0.5) is 11.4 Å². The van der Waals surface area contributed by atoms with Crippen LogP contribution in [0.1, 0.15) is 21.5 Å². The van der Waals surface area contributed by atoms with E-state index in [-0.39, 0.29) is 10.5 Å². The van der Waals surface area contributed by atoms with Crippen LogP contribution >= 0.6 is 11.6 Å². The highest BCUT2D eigenvalue weighted by molar-refractivity contribution is 7.92. The van der Waals surface area contributed by atoms with Gasteiger partial charge in [0, 0.05) is 22.0 Å². The molecule has 0 aromatic heterocycles. The minimum absolute atomic E-state index is 0.0220. The normalized spacial score (nSPS) is 11.1. The summed E-state index contributed by atoms with van der Waals surface area (Å²) in [5, 5.41) is 3.27. The highest BCUT2D eigenvalue weighted by Gasteiger charge is 2.20. The van der Waals surface area contributed by atoms with Crippen LogP contribution in [0, 0.1) is 13.8 Å². The number of rotatable bonds is 6. The Hall–Kier alpha value is -3.03. The Labute approximate surface area is 180 Å². The van der Waals surface area contributed by atoms with Gasteiger partial charge in [0.1, 0.15) is 5.75 Å². The lowest BCUT2D eigenvalue weighted by Gasteiger charge is -2.13. The van der Waals surface area contributed by atoms with Crippen molar-refractivity contribution in [2.45, 2.75) is 18.7 Å². The minimum Gasteiger partial charge on any atom is -0.497 e. The lowest BCUT2D eigenvalue weighted by molar-refractivity contribution is 0.102. The smallest absolute Gasteiger partial charge is 0.262 e. The van der Waals surface area contributed by atoms with E-state index in [1.54, 1.807) is 61.5 Å². The molecule has 0 bridgehead atoms. The summed E-state index contributed by atoms with van der Waals surface area (Å²) in [6, 6.07) is 16.2. The van der Waals surface area contributed by atoms with E-state index < -0.39 is 15.9 Å². The lowest BCUT2D eigenvalue weighted by atomic mass is 10.1. The van der Waals surface area contributed by atoms with Crippen molar-refractivity contribution in [2.75, 3.05) is 17.1 Å². The second kappa shape index (κ2) is 8.77. The lowest BCUT2D eigenvalue weighted by Crippen LogP contribution is -2.17. The summed E-state index contributed by atoms with van der Waals surface area (Å²) >= 11 is 6.00. The Morgan fingerprint density at radius 3 is 2.27 bits per heavy atom. The molecule has 3 aromatic carbocycles. The molecule has 0 heterocycles. The average molecular weight is 445 g/mol. The summed E-state index contributed by atoms with van der Waals surface area (Å²) < 4.78 is 33.4. The molecular formula is C22H21ClN2O4S. The molecule has 2 N–H and O–H groups in total. The number of hydrogen-bond donors (Lipinski definition) is 2. The van der Waals surface area contributed by atoms with Crippen LogP contribution in [0.2, 0.25) is 5.02 Å². The quantitative estimate of drug-likeness (QED) is 0.559. The van der Waals surface area contributed by atoms with Crippen molar-refractivity contribution in [3.63, 3.8) is 0 Å². The monoisotopic (exact) mass is 444 g/mol. The molecule has 0 saturated carbocycles. The van der Waals surface area contributed by atoms with Crippen molar-refractivity contribution in [1.82, 2.24) is 0 Å². The molecule has 1 amide bonds. The summed E-state index contributed by atoms with van der Waals surface area (Å²) in [4.78, 5) is 12.7. The van der Waals surface area contributed by atoms with Gasteiger partial charge in [-0.05, 0) is 73.5 Å². The molecule has 0 spiro atoms. The molecule has 6 nitrogen and oxygen atoms in total. The Balaban J connectivity index is 1.88. The number of aryl methyl sites for hydroxylation is 2. The third-order valence-corrected chi connectivity index (χ3v) is 6.29. The van der Waals surface area contributed by atoms with E-state index in [0.29, 0.717) is 27.7 Å². The molecule has 8 heteroatoms. The van der Waals surface area contributed by atoms with Crippen LogP contribution in [0.15, 0.2) is 65.6 Å². The van der Waals surface area contributed by atoms with Crippen molar-refractivity contribution < 1.29 is 17.9 Å². The number of ether oxygens (including phenoxy) is 1. The van der Waals surface area contributed by atoms with Crippen LogP contribution in [0.5, 0.6) is 5.75 Å². The first-order valence-electron chi connectivity index (χ1n) is 9.04.